The SMILES string of the molecule is CN(C)C(=O)CCNCCOC1CCCCC1. The molecule has 1 saturated carbocycles. The molecule has 4 heteroatoms. The maximum absolute atomic E-state index is 11.3. The van der Waals surface area contributed by atoms with Crippen LogP contribution in [0.15, 0.2) is 0 Å². The quantitative estimate of drug-likeness (QED) is 0.686. The number of ether oxygens (including phenoxy) is 1. The minimum Gasteiger partial charge on any atom is -0.377 e. The highest BCUT2D eigenvalue weighted by Crippen LogP contribution is 2.19. The maximum Gasteiger partial charge on any atom is 0.223 e. The molecule has 0 aromatic heterocycles. The Bertz CT molecular complexity index is 213. The first kappa shape index (κ1) is 14.5. The zero-order valence-corrected chi connectivity index (χ0v) is 11.2. The van der Waals surface area contributed by atoms with Crippen LogP contribution in [0.5, 0.6) is 0 Å². The van der Waals surface area contributed by atoms with Crippen molar-refractivity contribution in [1.29, 1.82) is 0 Å². The van der Waals surface area contributed by atoms with E-state index in [0.29, 0.717) is 12.5 Å². The third-order valence-corrected chi connectivity index (χ3v) is 3.20. The van der Waals surface area contributed by atoms with Crippen LogP contribution in [0.4, 0.5) is 0 Å². The first-order valence-electron chi connectivity index (χ1n) is 6.72. The van der Waals surface area contributed by atoms with Crippen LogP contribution in [0, 0.1) is 0 Å². The molecule has 1 aliphatic rings. The zero-order chi connectivity index (χ0) is 12.5. The van der Waals surface area contributed by atoms with E-state index in [9.17, 15) is 4.79 Å². The molecule has 4 nitrogen and oxygen atoms in total. The monoisotopic (exact) mass is 242 g/mol. The van der Waals surface area contributed by atoms with Gasteiger partial charge >= 0.3 is 0 Å². The van der Waals surface area contributed by atoms with Gasteiger partial charge in [-0.15, -0.1) is 0 Å². The van der Waals surface area contributed by atoms with Crippen molar-refractivity contribution in [2.45, 2.75) is 44.6 Å². The molecular weight excluding hydrogens is 216 g/mol. The van der Waals surface area contributed by atoms with Crippen molar-refractivity contribution < 1.29 is 9.53 Å². The van der Waals surface area contributed by atoms with Crippen molar-refractivity contribution in [3.05, 3.63) is 0 Å². The van der Waals surface area contributed by atoms with Gasteiger partial charge in [0.05, 0.1) is 12.7 Å². The van der Waals surface area contributed by atoms with E-state index in [1.165, 1.54) is 32.1 Å². The molecule has 0 bridgehead atoms. The summed E-state index contributed by atoms with van der Waals surface area (Å²) >= 11 is 0. The number of carbonyl (C=O) groups is 1. The number of hydrogen-bond donors (Lipinski definition) is 1. The van der Waals surface area contributed by atoms with Crippen LogP contribution in [0.1, 0.15) is 38.5 Å². The third-order valence-electron chi connectivity index (χ3n) is 3.20. The molecule has 1 rings (SSSR count). The number of nitrogens with one attached hydrogen (secondary N) is 1. The Morgan fingerprint density at radius 3 is 2.59 bits per heavy atom. The van der Waals surface area contributed by atoms with Crippen LogP contribution in [0.25, 0.3) is 0 Å². The second-order valence-corrected chi connectivity index (χ2v) is 4.92. The van der Waals surface area contributed by atoms with E-state index in [-0.39, 0.29) is 5.91 Å². The van der Waals surface area contributed by atoms with Gasteiger partial charge in [-0.3, -0.25) is 4.79 Å². The van der Waals surface area contributed by atoms with Crippen LogP contribution in [-0.2, 0) is 9.53 Å². The number of hydrogen-bond acceptors (Lipinski definition) is 3. The lowest BCUT2D eigenvalue weighted by molar-refractivity contribution is -0.128. The van der Waals surface area contributed by atoms with Crippen LogP contribution in [-0.4, -0.2) is 50.7 Å². The first-order chi connectivity index (χ1) is 8.20. The summed E-state index contributed by atoms with van der Waals surface area (Å²) in [6, 6.07) is 0. The lowest BCUT2D eigenvalue weighted by Gasteiger charge is -2.22. The second-order valence-electron chi connectivity index (χ2n) is 4.92. The molecule has 0 atom stereocenters. The number of carbonyl (C=O) groups excluding carboxylic acids is 1. The van der Waals surface area contributed by atoms with Gasteiger partial charge in [0.15, 0.2) is 0 Å². The van der Waals surface area contributed by atoms with Crippen LogP contribution in [0.3, 0.4) is 0 Å². The molecule has 0 unspecified atom stereocenters. The summed E-state index contributed by atoms with van der Waals surface area (Å²) in [4.78, 5) is 12.9. The van der Waals surface area contributed by atoms with Gasteiger partial charge < -0.3 is 15.0 Å². The van der Waals surface area contributed by atoms with Crippen molar-refractivity contribution in [3.8, 4) is 0 Å². The van der Waals surface area contributed by atoms with Gasteiger partial charge in [-0.25, -0.2) is 0 Å². The van der Waals surface area contributed by atoms with Gasteiger partial charge in [0.1, 0.15) is 0 Å². The molecule has 0 aromatic carbocycles. The van der Waals surface area contributed by atoms with Crippen molar-refractivity contribution in [3.63, 3.8) is 0 Å². The fraction of sp³-hybridized carbons (Fsp3) is 0.923. The Labute approximate surface area is 105 Å². The molecule has 0 aliphatic heterocycles. The Kier molecular flexibility index (Phi) is 7.21. The molecule has 1 fully saturated rings. The summed E-state index contributed by atoms with van der Waals surface area (Å²) < 4.78 is 5.78. The van der Waals surface area contributed by atoms with E-state index in [2.05, 4.69) is 5.32 Å². The van der Waals surface area contributed by atoms with Gasteiger partial charge in [-0.2, -0.15) is 0 Å². The summed E-state index contributed by atoms with van der Waals surface area (Å²) in [6.45, 7) is 2.35. The average molecular weight is 242 g/mol. The molecule has 0 radical (unpaired) electrons. The predicted molar refractivity (Wildman–Crippen MR) is 69.0 cm³/mol. The van der Waals surface area contributed by atoms with E-state index in [0.717, 1.165) is 19.7 Å². The average Bonchev–Trinajstić information content (AvgIpc) is 2.34. The standard InChI is InChI=1S/C13H26N2O2/c1-15(2)13(16)8-9-14-10-11-17-12-6-4-3-5-7-12/h12,14H,3-11H2,1-2H3. The fourth-order valence-corrected chi connectivity index (χ4v) is 2.07. The summed E-state index contributed by atoms with van der Waals surface area (Å²) in [5, 5.41) is 3.24. The molecule has 1 N–H and O–H groups in total. The fourth-order valence-electron chi connectivity index (χ4n) is 2.07. The van der Waals surface area contributed by atoms with E-state index in [1.807, 2.05) is 0 Å². The maximum atomic E-state index is 11.3. The van der Waals surface area contributed by atoms with Crippen molar-refractivity contribution in [2.24, 2.45) is 0 Å². The van der Waals surface area contributed by atoms with E-state index < -0.39 is 0 Å². The smallest absolute Gasteiger partial charge is 0.223 e. The van der Waals surface area contributed by atoms with Crippen LogP contribution >= 0.6 is 0 Å². The Morgan fingerprint density at radius 2 is 1.94 bits per heavy atom. The van der Waals surface area contributed by atoms with Gasteiger partial charge in [-0.1, -0.05) is 19.3 Å². The van der Waals surface area contributed by atoms with Gasteiger partial charge in [0, 0.05) is 33.6 Å². The Balaban J connectivity index is 1.88. The molecule has 0 aromatic rings. The highest BCUT2D eigenvalue weighted by Gasteiger charge is 2.12. The molecule has 100 valence electrons. The number of amides is 1. The van der Waals surface area contributed by atoms with Crippen molar-refractivity contribution >= 4 is 5.91 Å². The lowest BCUT2D eigenvalue weighted by Crippen LogP contribution is -2.29. The summed E-state index contributed by atoms with van der Waals surface area (Å²) in [5.74, 6) is 0.172. The Hall–Kier alpha value is -0.610. The summed E-state index contributed by atoms with van der Waals surface area (Å²) in [5.41, 5.74) is 0. The van der Waals surface area contributed by atoms with E-state index >= 15 is 0 Å². The van der Waals surface area contributed by atoms with Crippen molar-refractivity contribution in [1.82, 2.24) is 10.2 Å². The third kappa shape index (κ3) is 6.64. The Morgan fingerprint density at radius 1 is 1.24 bits per heavy atom. The molecular formula is C13H26N2O2. The highest BCUT2D eigenvalue weighted by atomic mass is 16.5. The van der Waals surface area contributed by atoms with E-state index in [1.54, 1.807) is 19.0 Å². The molecule has 17 heavy (non-hydrogen) atoms. The minimum atomic E-state index is 0.172. The lowest BCUT2D eigenvalue weighted by atomic mass is 9.98. The minimum absolute atomic E-state index is 0.172. The van der Waals surface area contributed by atoms with Crippen molar-refractivity contribution in [2.75, 3.05) is 33.8 Å². The largest absolute Gasteiger partial charge is 0.377 e. The first-order valence-corrected chi connectivity index (χ1v) is 6.72. The molecule has 0 spiro atoms. The zero-order valence-electron chi connectivity index (χ0n) is 11.2. The highest BCUT2D eigenvalue weighted by molar-refractivity contribution is 5.75. The van der Waals surface area contributed by atoms with E-state index in [4.69, 9.17) is 4.74 Å². The van der Waals surface area contributed by atoms with Gasteiger partial charge in [0.25, 0.3) is 0 Å². The van der Waals surface area contributed by atoms with Gasteiger partial charge in [0.2, 0.25) is 5.91 Å². The van der Waals surface area contributed by atoms with Crippen LogP contribution in [0.2, 0.25) is 0 Å². The summed E-state index contributed by atoms with van der Waals surface area (Å²) in [6.07, 6.45) is 7.48. The normalized spacial score (nSPS) is 17.1. The molecule has 1 amide bonds. The number of rotatable bonds is 7. The predicted octanol–water partition coefficient (Wildman–Crippen LogP) is 1.40. The molecule has 0 saturated heterocycles. The molecule has 1 aliphatic carbocycles. The van der Waals surface area contributed by atoms with Gasteiger partial charge in [-0.05, 0) is 12.8 Å². The summed E-state index contributed by atoms with van der Waals surface area (Å²) in [7, 11) is 3.57. The van der Waals surface area contributed by atoms with Crippen LogP contribution < -0.4 is 5.32 Å². The number of nitrogens with zero attached hydrogens (tertiary/aromatic N) is 1. The molecule has 0 heterocycles. The second kappa shape index (κ2) is 8.48. The topological polar surface area (TPSA) is 41.6 Å².